The Bertz CT molecular complexity index is 623. The largest absolute Gasteiger partial charge is 0.398 e. The van der Waals surface area contributed by atoms with E-state index in [2.05, 4.69) is 5.92 Å². The lowest BCUT2D eigenvalue weighted by Crippen LogP contribution is -2.03. The summed E-state index contributed by atoms with van der Waals surface area (Å²) in [6.45, 7) is 0. The number of hydrogen-bond donors (Lipinski definition) is 1. The van der Waals surface area contributed by atoms with Crippen LogP contribution in [0.2, 0.25) is 0 Å². The van der Waals surface area contributed by atoms with Gasteiger partial charge in [0.15, 0.2) is 5.78 Å². The molecule has 0 amide bonds. The molecular formula is C16H15NO. The van der Waals surface area contributed by atoms with Crippen molar-refractivity contribution in [3.8, 4) is 12.3 Å². The maximum absolute atomic E-state index is 12.0. The molecule has 0 radical (unpaired) electrons. The van der Waals surface area contributed by atoms with Crippen LogP contribution in [-0.2, 0) is 0 Å². The van der Waals surface area contributed by atoms with Crippen molar-refractivity contribution in [2.45, 2.75) is 19.3 Å². The van der Waals surface area contributed by atoms with Crippen LogP contribution in [-0.4, -0.2) is 5.78 Å². The number of terminal acetylenes is 1. The van der Waals surface area contributed by atoms with Crippen LogP contribution in [0.3, 0.4) is 0 Å². The van der Waals surface area contributed by atoms with Gasteiger partial charge in [-0.1, -0.05) is 24.3 Å². The summed E-state index contributed by atoms with van der Waals surface area (Å²) in [6, 6.07) is 11.6. The molecule has 0 aromatic heterocycles. The van der Waals surface area contributed by atoms with Gasteiger partial charge in [-0.05, 0) is 29.3 Å². The summed E-state index contributed by atoms with van der Waals surface area (Å²) in [5.74, 6) is 2.60. The first-order chi connectivity index (χ1) is 8.72. The average Bonchev–Trinajstić information content (AvgIpc) is 2.38. The van der Waals surface area contributed by atoms with Gasteiger partial charge in [0, 0.05) is 24.1 Å². The van der Waals surface area contributed by atoms with Crippen molar-refractivity contribution in [2.24, 2.45) is 0 Å². The van der Waals surface area contributed by atoms with Crippen LogP contribution in [0.4, 0.5) is 5.69 Å². The standard InChI is InChI=1S/C16H15NO/c1-2-3-4-9-16(18)14-10-12-7-5-6-8-13(12)11-15(14)17/h1,5-8,10-11H,3-4,9,17H2. The molecule has 0 bridgehead atoms. The Morgan fingerprint density at radius 2 is 1.89 bits per heavy atom. The van der Waals surface area contributed by atoms with Gasteiger partial charge in [-0.2, -0.15) is 0 Å². The zero-order valence-electron chi connectivity index (χ0n) is 10.1. The number of benzene rings is 2. The monoisotopic (exact) mass is 237 g/mol. The Morgan fingerprint density at radius 1 is 1.22 bits per heavy atom. The van der Waals surface area contributed by atoms with Gasteiger partial charge in [0.25, 0.3) is 0 Å². The van der Waals surface area contributed by atoms with Crippen molar-refractivity contribution < 1.29 is 4.79 Å². The lowest BCUT2D eigenvalue weighted by Gasteiger charge is -2.06. The van der Waals surface area contributed by atoms with Crippen molar-refractivity contribution in [2.75, 3.05) is 5.73 Å². The molecule has 2 N–H and O–H groups in total. The number of nitrogen functional groups attached to an aromatic ring is 1. The van der Waals surface area contributed by atoms with Crippen LogP contribution in [0.1, 0.15) is 29.6 Å². The minimum Gasteiger partial charge on any atom is -0.398 e. The Labute approximate surface area is 107 Å². The third kappa shape index (κ3) is 2.52. The number of unbranched alkanes of at least 4 members (excludes halogenated alkanes) is 1. The van der Waals surface area contributed by atoms with E-state index in [0.717, 1.165) is 10.8 Å². The zero-order valence-corrected chi connectivity index (χ0v) is 10.1. The number of carbonyl (C=O) groups is 1. The van der Waals surface area contributed by atoms with E-state index in [1.165, 1.54) is 0 Å². The van der Waals surface area contributed by atoms with Crippen LogP contribution in [0.25, 0.3) is 10.8 Å². The topological polar surface area (TPSA) is 43.1 Å². The highest BCUT2D eigenvalue weighted by Crippen LogP contribution is 2.23. The molecule has 2 nitrogen and oxygen atoms in total. The Hall–Kier alpha value is -2.27. The van der Waals surface area contributed by atoms with Crippen LogP contribution in [0, 0.1) is 12.3 Å². The molecule has 0 unspecified atom stereocenters. The molecule has 0 heterocycles. The fourth-order valence-corrected chi connectivity index (χ4v) is 1.99. The normalized spacial score (nSPS) is 10.2. The summed E-state index contributed by atoms with van der Waals surface area (Å²) in [4.78, 5) is 12.0. The number of ketones is 1. The number of anilines is 1. The fraction of sp³-hybridized carbons (Fsp3) is 0.188. The smallest absolute Gasteiger partial charge is 0.164 e. The van der Waals surface area contributed by atoms with Gasteiger partial charge in [0.1, 0.15) is 0 Å². The second-order valence-corrected chi connectivity index (χ2v) is 4.27. The number of Topliss-reactive ketones (excluding diaryl/α,β-unsaturated/α-hetero) is 1. The van der Waals surface area contributed by atoms with Crippen molar-refractivity contribution in [3.63, 3.8) is 0 Å². The van der Waals surface area contributed by atoms with Gasteiger partial charge in [-0.3, -0.25) is 4.79 Å². The summed E-state index contributed by atoms with van der Waals surface area (Å²) in [6.07, 6.45) is 6.96. The van der Waals surface area contributed by atoms with Gasteiger partial charge >= 0.3 is 0 Å². The molecule has 2 rings (SSSR count). The van der Waals surface area contributed by atoms with Gasteiger partial charge in [-0.15, -0.1) is 12.3 Å². The number of fused-ring (bicyclic) bond motifs is 1. The zero-order chi connectivity index (χ0) is 13.0. The van der Waals surface area contributed by atoms with Crippen molar-refractivity contribution in [1.29, 1.82) is 0 Å². The van der Waals surface area contributed by atoms with E-state index in [-0.39, 0.29) is 5.78 Å². The minimum absolute atomic E-state index is 0.0634. The van der Waals surface area contributed by atoms with Crippen LogP contribution >= 0.6 is 0 Å². The number of carbonyl (C=O) groups excluding carboxylic acids is 1. The Morgan fingerprint density at radius 3 is 2.56 bits per heavy atom. The number of hydrogen-bond acceptors (Lipinski definition) is 2. The SMILES string of the molecule is C#CCCCC(=O)c1cc2ccccc2cc1N. The lowest BCUT2D eigenvalue weighted by atomic mass is 9.99. The Kier molecular flexibility index (Phi) is 3.64. The van der Waals surface area contributed by atoms with Crippen molar-refractivity contribution in [3.05, 3.63) is 42.0 Å². The highest BCUT2D eigenvalue weighted by Gasteiger charge is 2.10. The highest BCUT2D eigenvalue weighted by molar-refractivity contribution is 6.05. The highest BCUT2D eigenvalue weighted by atomic mass is 16.1. The molecule has 2 heteroatoms. The Balaban J connectivity index is 2.30. The third-order valence-electron chi connectivity index (χ3n) is 2.94. The van der Waals surface area contributed by atoms with E-state index < -0.39 is 0 Å². The molecule has 0 aliphatic carbocycles. The molecule has 0 fully saturated rings. The summed E-state index contributed by atoms with van der Waals surface area (Å²) in [5, 5.41) is 2.09. The first-order valence-corrected chi connectivity index (χ1v) is 5.97. The molecule has 0 saturated carbocycles. The predicted octanol–water partition coefficient (Wildman–Crippen LogP) is 3.41. The van der Waals surface area contributed by atoms with Crippen molar-refractivity contribution in [1.82, 2.24) is 0 Å². The molecular weight excluding hydrogens is 222 g/mol. The number of rotatable bonds is 4. The molecule has 0 aliphatic rings. The van der Waals surface area contributed by atoms with Crippen LogP contribution in [0.5, 0.6) is 0 Å². The van der Waals surface area contributed by atoms with Gasteiger partial charge < -0.3 is 5.73 Å². The van der Waals surface area contributed by atoms with E-state index in [4.69, 9.17) is 12.2 Å². The molecule has 18 heavy (non-hydrogen) atoms. The van der Waals surface area contributed by atoms with Gasteiger partial charge in [-0.25, -0.2) is 0 Å². The molecule has 2 aromatic carbocycles. The van der Waals surface area contributed by atoms with Crippen LogP contribution < -0.4 is 5.73 Å². The summed E-state index contributed by atoms with van der Waals surface area (Å²) < 4.78 is 0. The third-order valence-corrected chi connectivity index (χ3v) is 2.94. The molecule has 0 atom stereocenters. The van der Waals surface area contributed by atoms with E-state index in [1.54, 1.807) is 0 Å². The quantitative estimate of drug-likeness (QED) is 0.383. The first-order valence-electron chi connectivity index (χ1n) is 5.97. The lowest BCUT2D eigenvalue weighted by molar-refractivity contribution is 0.0981. The maximum atomic E-state index is 12.0. The van der Waals surface area contributed by atoms with Crippen molar-refractivity contribution >= 4 is 22.2 Å². The number of nitrogens with two attached hydrogens (primary N) is 1. The maximum Gasteiger partial charge on any atom is 0.164 e. The van der Waals surface area contributed by atoms with E-state index in [9.17, 15) is 4.79 Å². The van der Waals surface area contributed by atoms with E-state index >= 15 is 0 Å². The molecule has 90 valence electrons. The molecule has 0 aliphatic heterocycles. The second kappa shape index (κ2) is 5.37. The second-order valence-electron chi connectivity index (χ2n) is 4.27. The van der Waals surface area contributed by atoms with Crippen LogP contribution in [0.15, 0.2) is 36.4 Å². The molecule has 0 saturated heterocycles. The van der Waals surface area contributed by atoms with E-state index in [0.29, 0.717) is 30.5 Å². The predicted molar refractivity (Wildman–Crippen MR) is 75.4 cm³/mol. The molecule has 0 spiro atoms. The summed E-state index contributed by atoms with van der Waals surface area (Å²) >= 11 is 0. The minimum atomic E-state index is 0.0634. The van der Waals surface area contributed by atoms with Gasteiger partial charge in [0.2, 0.25) is 0 Å². The fourth-order valence-electron chi connectivity index (χ4n) is 1.99. The first kappa shape index (κ1) is 12.2. The average molecular weight is 237 g/mol. The summed E-state index contributed by atoms with van der Waals surface area (Å²) in [5.41, 5.74) is 7.07. The molecule has 2 aromatic rings. The van der Waals surface area contributed by atoms with E-state index in [1.807, 2.05) is 36.4 Å². The summed E-state index contributed by atoms with van der Waals surface area (Å²) in [7, 11) is 0. The van der Waals surface area contributed by atoms with Gasteiger partial charge in [0.05, 0.1) is 0 Å².